The number of sulfonamides is 1. The van der Waals surface area contributed by atoms with E-state index >= 15 is 0 Å². The molecule has 1 heterocycles. The van der Waals surface area contributed by atoms with E-state index in [1.165, 1.54) is 28.6 Å². The maximum atomic E-state index is 13.1. The molecule has 0 aromatic heterocycles. The summed E-state index contributed by atoms with van der Waals surface area (Å²) in [5, 5.41) is 3.05. The molecular weight excluding hydrogens is 450 g/mol. The highest BCUT2D eigenvalue weighted by Crippen LogP contribution is 2.25. The van der Waals surface area contributed by atoms with Crippen molar-refractivity contribution < 1.29 is 26.7 Å². The van der Waals surface area contributed by atoms with E-state index in [4.69, 9.17) is 4.74 Å². The van der Waals surface area contributed by atoms with Crippen molar-refractivity contribution in [2.75, 3.05) is 19.7 Å². The van der Waals surface area contributed by atoms with Crippen LogP contribution in [-0.4, -0.2) is 44.4 Å². The summed E-state index contributed by atoms with van der Waals surface area (Å²) in [5.41, 5.74) is -0.608. The van der Waals surface area contributed by atoms with Crippen molar-refractivity contribution >= 4 is 15.9 Å². The van der Waals surface area contributed by atoms with Crippen LogP contribution in [0.3, 0.4) is 0 Å². The number of carbonyl (C=O) groups is 1. The van der Waals surface area contributed by atoms with Crippen LogP contribution < -0.4 is 10.1 Å². The molecule has 0 radical (unpaired) electrons. The summed E-state index contributed by atoms with van der Waals surface area (Å²) in [6.45, 7) is 4.73. The number of piperidine rings is 1. The van der Waals surface area contributed by atoms with Gasteiger partial charge in [-0.3, -0.25) is 4.79 Å². The molecule has 0 atom stereocenters. The number of ether oxygens (including phenoxy) is 1. The lowest BCUT2D eigenvalue weighted by atomic mass is 9.86. The molecule has 0 saturated carbocycles. The van der Waals surface area contributed by atoms with E-state index in [9.17, 15) is 22.0 Å². The Hall–Kier alpha value is -2.52. The van der Waals surface area contributed by atoms with Crippen molar-refractivity contribution in [1.29, 1.82) is 0 Å². The third-order valence-electron chi connectivity index (χ3n) is 5.88. The van der Waals surface area contributed by atoms with Gasteiger partial charge in [0.2, 0.25) is 15.9 Å². The normalized spacial score (nSPS) is 15.9. The van der Waals surface area contributed by atoms with Crippen LogP contribution in [0.1, 0.15) is 39.5 Å². The van der Waals surface area contributed by atoms with Gasteiger partial charge in [0.05, 0.1) is 11.5 Å². The average molecular weight is 481 g/mol. The van der Waals surface area contributed by atoms with Gasteiger partial charge in [-0.2, -0.15) is 4.31 Å². The number of amides is 1. The summed E-state index contributed by atoms with van der Waals surface area (Å²) in [6.07, 6.45) is 2.29. The van der Waals surface area contributed by atoms with Crippen LogP contribution >= 0.6 is 0 Å². The fourth-order valence-corrected chi connectivity index (χ4v) is 5.20. The summed E-state index contributed by atoms with van der Waals surface area (Å²) in [6, 6.07) is 10.5. The zero-order valence-corrected chi connectivity index (χ0v) is 19.7. The second-order valence-electron chi connectivity index (χ2n) is 8.90. The third kappa shape index (κ3) is 6.74. The Bertz CT molecular complexity index is 1030. The van der Waals surface area contributed by atoms with Gasteiger partial charge in [-0.25, -0.2) is 17.2 Å². The minimum Gasteiger partial charge on any atom is -0.494 e. The SMILES string of the molecule is CC(C)(CCCOc1ccc(F)cc1)C(=O)NC1CCN(S(=O)(=O)c2ccc(F)cc2)CC1. The van der Waals surface area contributed by atoms with Crippen LogP contribution in [0.15, 0.2) is 53.4 Å². The van der Waals surface area contributed by atoms with Gasteiger partial charge < -0.3 is 10.1 Å². The second kappa shape index (κ2) is 10.6. The number of rotatable bonds is 9. The zero-order valence-electron chi connectivity index (χ0n) is 18.9. The van der Waals surface area contributed by atoms with Gasteiger partial charge in [0.25, 0.3) is 0 Å². The summed E-state index contributed by atoms with van der Waals surface area (Å²) < 4.78 is 58.5. The monoisotopic (exact) mass is 480 g/mol. The minimum absolute atomic E-state index is 0.0652. The van der Waals surface area contributed by atoms with Crippen molar-refractivity contribution in [2.24, 2.45) is 5.41 Å². The second-order valence-corrected chi connectivity index (χ2v) is 10.8. The highest BCUT2D eigenvalue weighted by atomic mass is 32.2. The molecule has 1 aliphatic rings. The van der Waals surface area contributed by atoms with Gasteiger partial charge in [-0.15, -0.1) is 0 Å². The smallest absolute Gasteiger partial charge is 0.243 e. The van der Waals surface area contributed by atoms with Crippen LogP contribution in [0.2, 0.25) is 0 Å². The van der Waals surface area contributed by atoms with Crippen molar-refractivity contribution in [1.82, 2.24) is 9.62 Å². The van der Waals surface area contributed by atoms with Gasteiger partial charge in [-0.05, 0) is 74.2 Å². The first-order valence-electron chi connectivity index (χ1n) is 11.0. The van der Waals surface area contributed by atoms with E-state index < -0.39 is 21.3 Å². The van der Waals surface area contributed by atoms with Crippen LogP contribution in [0, 0.1) is 17.0 Å². The van der Waals surface area contributed by atoms with E-state index in [0.29, 0.717) is 38.0 Å². The summed E-state index contributed by atoms with van der Waals surface area (Å²) in [7, 11) is -3.68. The molecule has 33 heavy (non-hydrogen) atoms. The van der Waals surface area contributed by atoms with Crippen LogP contribution in [0.25, 0.3) is 0 Å². The lowest BCUT2D eigenvalue weighted by Gasteiger charge is -2.33. The molecule has 3 rings (SSSR count). The first-order chi connectivity index (χ1) is 15.6. The van der Waals surface area contributed by atoms with Crippen molar-refractivity contribution in [3.05, 3.63) is 60.2 Å². The Morgan fingerprint density at radius 1 is 1.03 bits per heavy atom. The number of hydrogen-bond acceptors (Lipinski definition) is 4. The summed E-state index contributed by atoms with van der Waals surface area (Å²) >= 11 is 0. The standard InChI is InChI=1S/C24H30F2N2O4S/c1-24(2,14-3-17-32-21-8-4-18(25)5-9-21)23(29)27-20-12-15-28(16-13-20)33(30,31)22-10-6-19(26)7-11-22/h4-11,20H,3,12-17H2,1-2H3,(H,27,29). The van der Waals surface area contributed by atoms with Crippen molar-refractivity contribution in [3.63, 3.8) is 0 Å². The molecule has 9 heteroatoms. The zero-order chi connectivity index (χ0) is 24.1. The molecule has 1 fully saturated rings. The fourth-order valence-electron chi connectivity index (χ4n) is 3.73. The molecule has 0 bridgehead atoms. The van der Waals surface area contributed by atoms with E-state index in [0.717, 1.165) is 12.1 Å². The molecule has 6 nitrogen and oxygen atoms in total. The molecule has 2 aromatic rings. The van der Waals surface area contributed by atoms with Gasteiger partial charge in [0, 0.05) is 24.5 Å². The highest BCUT2D eigenvalue weighted by Gasteiger charge is 2.33. The van der Waals surface area contributed by atoms with E-state index in [2.05, 4.69) is 5.32 Å². The van der Waals surface area contributed by atoms with Crippen LogP contribution in [0.4, 0.5) is 8.78 Å². The Balaban J connectivity index is 1.43. The molecule has 1 N–H and O–H groups in total. The van der Waals surface area contributed by atoms with Gasteiger partial charge >= 0.3 is 0 Å². The predicted octanol–water partition coefficient (Wildman–Crippen LogP) is 4.12. The number of hydrogen-bond donors (Lipinski definition) is 1. The molecule has 180 valence electrons. The maximum absolute atomic E-state index is 13.1. The van der Waals surface area contributed by atoms with Crippen molar-refractivity contribution in [2.45, 2.75) is 50.5 Å². The van der Waals surface area contributed by atoms with Gasteiger partial charge in [0.15, 0.2) is 0 Å². The molecule has 0 unspecified atom stereocenters. The quantitative estimate of drug-likeness (QED) is 0.548. The number of benzene rings is 2. The minimum atomic E-state index is -3.68. The van der Waals surface area contributed by atoms with E-state index in [-0.39, 0.29) is 35.8 Å². The van der Waals surface area contributed by atoms with Gasteiger partial charge in [-0.1, -0.05) is 13.8 Å². The first kappa shape index (κ1) is 25.1. The summed E-state index contributed by atoms with van der Waals surface area (Å²) in [5.74, 6) is -0.302. The summed E-state index contributed by atoms with van der Waals surface area (Å²) in [4.78, 5) is 12.9. The lowest BCUT2D eigenvalue weighted by molar-refractivity contribution is -0.130. The predicted molar refractivity (Wildman–Crippen MR) is 121 cm³/mol. The van der Waals surface area contributed by atoms with Gasteiger partial charge in [0.1, 0.15) is 17.4 Å². The average Bonchev–Trinajstić information content (AvgIpc) is 2.78. The van der Waals surface area contributed by atoms with Crippen LogP contribution in [0.5, 0.6) is 5.75 Å². The molecule has 1 saturated heterocycles. The lowest BCUT2D eigenvalue weighted by Crippen LogP contribution is -2.49. The highest BCUT2D eigenvalue weighted by molar-refractivity contribution is 7.89. The largest absolute Gasteiger partial charge is 0.494 e. The maximum Gasteiger partial charge on any atom is 0.243 e. The molecule has 0 aliphatic carbocycles. The third-order valence-corrected chi connectivity index (χ3v) is 7.80. The topological polar surface area (TPSA) is 75.7 Å². The molecular formula is C24H30F2N2O4S. The molecule has 0 spiro atoms. The Labute approximate surface area is 194 Å². The fraction of sp³-hybridized carbons (Fsp3) is 0.458. The Morgan fingerprint density at radius 2 is 1.58 bits per heavy atom. The number of nitrogens with zero attached hydrogens (tertiary/aromatic N) is 1. The Kier molecular flexibility index (Phi) is 8.07. The number of halogens is 2. The van der Waals surface area contributed by atoms with E-state index in [1.807, 2.05) is 13.8 Å². The molecule has 1 amide bonds. The van der Waals surface area contributed by atoms with E-state index in [1.54, 1.807) is 12.1 Å². The van der Waals surface area contributed by atoms with Crippen molar-refractivity contribution in [3.8, 4) is 5.75 Å². The first-order valence-corrected chi connectivity index (χ1v) is 12.5. The Morgan fingerprint density at radius 3 is 2.15 bits per heavy atom. The number of carbonyl (C=O) groups excluding carboxylic acids is 1. The molecule has 1 aliphatic heterocycles. The molecule has 2 aromatic carbocycles. The van der Waals surface area contributed by atoms with Crippen LogP contribution in [-0.2, 0) is 14.8 Å². The number of nitrogens with one attached hydrogen (secondary N) is 1.